The van der Waals surface area contributed by atoms with Gasteiger partial charge in [-0.3, -0.25) is 10.1 Å². The lowest BCUT2D eigenvalue weighted by Crippen LogP contribution is -2.05. The summed E-state index contributed by atoms with van der Waals surface area (Å²) in [5.74, 6) is -1.14. The molecule has 0 aliphatic carbocycles. The molecule has 5 nitrogen and oxygen atoms in total. The maximum Gasteiger partial charge on any atom is 0.272 e. The number of nitrogens with zero attached hydrogens (tertiary/aromatic N) is 1. The highest BCUT2D eigenvalue weighted by Gasteiger charge is 2.23. The second-order valence-electron chi connectivity index (χ2n) is 3.69. The fraction of sp³-hybridized carbons (Fsp3) is 0. The molecule has 0 unspecified atom stereocenters. The lowest BCUT2D eigenvalue weighted by atomic mass is 10.3. The first kappa shape index (κ1) is 13.2. The van der Waals surface area contributed by atoms with Crippen LogP contribution in [0.3, 0.4) is 0 Å². The molecule has 0 bridgehead atoms. The van der Waals surface area contributed by atoms with E-state index in [0.29, 0.717) is 6.07 Å². The minimum absolute atomic E-state index is 0.0669. The second kappa shape index (κ2) is 4.77. The van der Waals surface area contributed by atoms with Crippen molar-refractivity contribution in [2.75, 3.05) is 0 Å². The molecular weight excluding hydrogens is 273 g/mol. The van der Waals surface area contributed by atoms with Crippen molar-refractivity contribution in [1.82, 2.24) is 0 Å². The van der Waals surface area contributed by atoms with E-state index in [1.807, 2.05) is 0 Å². The van der Waals surface area contributed by atoms with Crippen LogP contribution in [0, 0.1) is 15.9 Å². The summed E-state index contributed by atoms with van der Waals surface area (Å²) in [4.78, 5) is 9.04. The molecule has 98 valence electrons. The number of nitro benzene ring substituents is 1. The summed E-state index contributed by atoms with van der Waals surface area (Å²) in [5, 5.41) is 10.5. The fourth-order valence-electron chi connectivity index (χ4n) is 1.55. The molecule has 0 spiro atoms. The number of rotatable bonds is 3. The van der Waals surface area contributed by atoms with Gasteiger partial charge in [0.05, 0.1) is 15.9 Å². The molecule has 0 aliphatic heterocycles. The van der Waals surface area contributed by atoms with Crippen LogP contribution >= 0.6 is 0 Å². The van der Waals surface area contributed by atoms with E-state index in [1.165, 1.54) is 24.3 Å². The van der Waals surface area contributed by atoms with Gasteiger partial charge in [-0.15, -0.1) is 0 Å². The van der Waals surface area contributed by atoms with Crippen molar-refractivity contribution in [3.8, 4) is 0 Å². The van der Waals surface area contributed by atoms with Crippen LogP contribution in [0.15, 0.2) is 58.3 Å². The zero-order chi connectivity index (χ0) is 14.0. The molecule has 7 heteroatoms. The van der Waals surface area contributed by atoms with Crippen LogP contribution in [0.2, 0.25) is 0 Å². The first-order chi connectivity index (χ1) is 8.93. The van der Waals surface area contributed by atoms with E-state index in [9.17, 15) is 22.9 Å². The molecule has 0 N–H and O–H groups in total. The summed E-state index contributed by atoms with van der Waals surface area (Å²) in [6.07, 6.45) is 0. The molecule has 2 aromatic rings. The molecule has 2 rings (SSSR count). The molecule has 0 saturated heterocycles. The Hall–Kier alpha value is -2.28. The minimum atomic E-state index is -4.01. The van der Waals surface area contributed by atoms with Gasteiger partial charge in [-0.05, 0) is 18.2 Å². The van der Waals surface area contributed by atoms with E-state index in [2.05, 4.69) is 0 Å². The van der Waals surface area contributed by atoms with Gasteiger partial charge >= 0.3 is 0 Å². The van der Waals surface area contributed by atoms with Crippen molar-refractivity contribution in [1.29, 1.82) is 0 Å². The summed E-state index contributed by atoms with van der Waals surface area (Å²) in [7, 11) is -4.01. The number of sulfone groups is 1. The Bertz CT molecular complexity index is 729. The van der Waals surface area contributed by atoms with Gasteiger partial charge in [0.1, 0.15) is 10.7 Å². The number of non-ortho nitro benzene ring substituents is 1. The third-order valence-corrected chi connectivity index (χ3v) is 4.27. The summed E-state index contributed by atoms with van der Waals surface area (Å²) in [6, 6.07) is 9.76. The van der Waals surface area contributed by atoms with Crippen molar-refractivity contribution < 1.29 is 17.7 Å². The first-order valence-electron chi connectivity index (χ1n) is 5.17. The fourth-order valence-corrected chi connectivity index (χ4v) is 2.88. The predicted molar refractivity (Wildman–Crippen MR) is 64.9 cm³/mol. The number of benzene rings is 2. The predicted octanol–water partition coefficient (Wildman–Crippen LogP) is 2.57. The molecule has 0 aliphatic rings. The topological polar surface area (TPSA) is 77.3 Å². The van der Waals surface area contributed by atoms with Gasteiger partial charge in [0, 0.05) is 6.07 Å². The zero-order valence-corrected chi connectivity index (χ0v) is 10.3. The van der Waals surface area contributed by atoms with Crippen LogP contribution < -0.4 is 0 Å². The highest BCUT2D eigenvalue weighted by Crippen LogP contribution is 2.25. The summed E-state index contributed by atoms with van der Waals surface area (Å²) in [5.41, 5.74) is -0.496. The van der Waals surface area contributed by atoms with Crippen LogP contribution in [-0.2, 0) is 9.84 Å². The zero-order valence-electron chi connectivity index (χ0n) is 9.49. The molecule has 0 atom stereocenters. The highest BCUT2D eigenvalue weighted by molar-refractivity contribution is 7.91. The first-order valence-corrected chi connectivity index (χ1v) is 6.65. The quantitative estimate of drug-likeness (QED) is 0.640. The van der Waals surface area contributed by atoms with Gasteiger partial charge in [0.15, 0.2) is 0 Å². The van der Waals surface area contributed by atoms with Crippen LogP contribution in [0.5, 0.6) is 0 Å². The normalized spacial score (nSPS) is 11.2. The van der Waals surface area contributed by atoms with Gasteiger partial charge in [0.2, 0.25) is 9.84 Å². The Morgan fingerprint density at radius 2 is 1.68 bits per heavy atom. The standard InChI is InChI=1S/C12H8FNO4S/c13-11-8-9(14(15)16)6-7-12(11)19(17,18)10-4-2-1-3-5-10/h1-8H. The van der Waals surface area contributed by atoms with Crippen molar-refractivity contribution >= 4 is 15.5 Å². The lowest BCUT2D eigenvalue weighted by Gasteiger charge is -2.05. The maximum atomic E-state index is 13.7. The highest BCUT2D eigenvalue weighted by atomic mass is 32.2. The molecular formula is C12H8FNO4S. The summed E-state index contributed by atoms with van der Waals surface area (Å²) >= 11 is 0. The largest absolute Gasteiger partial charge is 0.272 e. The third-order valence-electron chi connectivity index (χ3n) is 2.47. The summed E-state index contributed by atoms with van der Waals surface area (Å²) in [6.45, 7) is 0. The number of hydrogen-bond donors (Lipinski definition) is 0. The number of hydrogen-bond acceptors (Lipinski definition) is 4. The van der Waals surface area contributed by atoms with E-state index in [4.69, 9.17) is 0 Å². The molecule has 0 heterocycles. The Labute approximate surface area is 108 Å². The molecule has 0 aromatic heterocycles. The number of halogens is 1. The average molecular weight is 281 g/mol. The van der Waals surface area contributed by atoms with Crippen LogP contribution in [0.4, 0.5) is 10.1 Å². The van der Waals surface area contributed by atoms with Gasteiger partial charge < -0.3 is 0 Å². The van der Waals surface area contributed by atoms with Crippen molar-refractivity contribution in [2.24, 2.45) is 0 Å². The summed E-state index contributed by atoms with van der Waals surface area (Å²) < 4.78 is 38.0. The minimum Gasteiger partial charge on any atom is -0.258 e. The average Bonchev–Trinajstić information content (AvgIpc) is 2.39. The SMILES string of the molecule is O=[N+]([O-])c1ccc(S(=O)(=O)c2ccccc2)c(F)c1. The van der Waals surface area contributed by atoms with E-state index < -0.39 is 31.2 Å². The molecule has 0 amide bonds. The monoisotopic (exact) mass is 281 g/mol. The molecule has 0 fully saturated rings. The smallest absolute Gasteiger partial charge is 0.258 e. The Morgan fingerprint density at radius 1 is 1.05 bits per heavy atom. The Kier molecular flexibility index (Phi) is 3.30. The maximum absolute atomic E-state index is 13.7. The van der Waals surface area contributed by atoms with Crippen LogP contribution in [-0.4, -0.2) is 13.3 Å². The van der Waals surface area contributed by atoms with Crippen LogP contribution in [0.25, 0.3) is 0 Å². The molecule has 19 heavy (non-hydrogen) atoms. The van der Waals surface area contributed by atoms with Crippen LogP contribution in [0.1, 0.15) is 0 Å². The van der Waals surface area contributed by atoms with Gasteiger partial charge in [-0.2, -0.15) is 0 Å². The molecule has 0 saturated carbocycles. The van der Waals surface area contributed by atoms with Crippen molar-refractivity contribution in [2.45, 2.75) is 9.79 Å². The van der Waals surface area contributed by atoms with Gasteiger partial charge in [-0.25, -0.2) is 12.8 Å². The van der Waals surface area contributed by atoms with E-state index in [-0.39, 0.29) is 4.90 Å². The third kappa shape index (κ3) is 2.45. The van der Waals surface area contributed by atoms with Gasteiger partial charge in [0.25, 0.3) is 5.69 Å². The molecule has 2 aromatic carbocycles. The number of nitro groups is 1. The van der Waals surface area contributed by atoms with E-state index in [0.717, 1.165) is 12.1 Å². The Morgan fingerprint density at radius 3 is 2.21 bits per heavy atom. The second-order valence-corrected chi connectivity index (χ2v) is 5.61. The van der Waals surface area contributed by atoms with E-state index in [1.54, 1.807) is 6.07 Å². The van der Waals surface area contributed by atoms with Gasteiger partial charge in [-0.1, -0.05) is 18.2 Å². The van der Waals surface area contributed by atoms with E-state index >= 15 is 0 Å². The van der Waals surface area contributed by atoms with Crippen molar-refractivity contribution in [3.05, 3.63) is 64.5 Å². The Balaban J connectivity index is 2.57. The molecule has 0 radical (unpaired) electrons. The van der Waals surface area contributed by atoms with Crippen molar-refractivity contribution in [3.63, 3.8) is 0 Å². The lowest BCUT2D eigenvalue weighted by molar-refractivity contribution is -0.385.